The zero-order chi connectivity index (χ0) is 22.3. The molecular formula is C25H34N6OS. The van der Waals surface area contributed by atoms with Crippen molar-refractivity contribution >= 4 is 25.1 Å². The van der Waals surface area contributed by atoms with Crippen LogP contribution in [0, 0.1) is 0 Å². The molecule has 1 aliphatic rings. The molecule has 0 bridgehead atoms. The lowest BCUT2D eigenvalue weighted by atomic mass is 10.00. The summed E-state index contributed by atoms with van der Waals surface area (Å²) in [5.41, 5.74) is 3.00. The van der Waals surface area contributed by atoms with Crippen LogP contribution >= 0.6 is 13.5 Å². The van der Waals surface area contributed by atoms with Gasteiger partial charge in [-0.05, 0) is 56.7 Å². The molecule has 0 aliphatic carbocycles. The second-order valence-electron chi connectivity index (χ2n) is 8.47. The summed E-state index contributed by atoms with van der Waals surface area (Å²) in [7, 11) is 3.88. The Morgan fingerprint density at radius 1 is 1.06 bits per heavy atom. The van der Waals surface area contributed by atoms with Gasteiger partial charge in [0.2, 0.25) is 0 Å². The molecule has 1 aromatic carbocycles. The number of para-hydroxylation sites is 1. The molecule has 3 heterocycles. The van der Waals surface area contributed by atoms with Gasteiger partial charge in [-0.3, -0.25) is 0 Å². The molecule has 4 rings (SSSR count). The number of anilines is 2. The first kappa shape index (κ1) is 24.8. The first-order valence-corrected chi connectivity index (χ1v) is 11.2. The van der Waals surface area contributed by atoms with Crippen LogP contribution in [0.1, 0.15) is 31.2 Å². The first-order chi connectivity index (χ1) is 15.6. The lowest BCUT2D eigenvalue weighted by Gasteiger charge is -2.29. The molecule has 0 unspecified atom stereocenters. The Hall–Kier alpha value is -2.84. The van der Waals surface area contributed by atoms with Crippen molar-refractivity contribution in [2.24, 2.45) is 0 Å². The first-order valence-electron chi connectivity index (χ1n) is 11.2. The number of nitrogens with zero attached hydrogens (tertiary/aromatic N) is 4. The summed E-state index contributed by atoms with van der Waals surface area (Å²) in [6, 6.07) is 14.7. The monoisotopic (exact) mass is 466 g/mol. The smallest absolute Gasteiger partial charge is 0.129 e. The van der Waals surface area contributed by atoms with Crippen molar-refractivity contribution in [3.63, 3.8) is 0 Å². The highest BCUT2D eigenvalue weighted by molar-refractivity contribution is 7.59. The van der Waals surface area contributed by atoms with Crippen LogP contribution in [0.25, 0.3) is 11.3 Å². The van der Waals surface area contributed by atoms with Crippen LogP contribution in [0.2, 0.25) is 0 Å². The van der Waals surface area contributed by atoms with Crippen molar-refractivity contribution in [3.05, 3.63) is 60.6 Å². The molecule has 33 heavy (non-hydrogen) atoms. The third-order valence-corrected chi connectivity index (χ3v) is 6.06. The third kappa shape index (κ3) is 6.58. The zero-order valence-corrected chi connectivity index (χ0v) is 20.6. The Labute approximate surface area is 203 Å². The number of piperidine rings is 1. The van der Waals surface area contributed by atoms with Crippen molar-refractivity contribution in [2.45, 2.75) is 31.7 Å². The maximum absolute atomic E-state index is 5.49. The van der Waals surface area contributed by atoms with Gasteiger partial charge in [-0.15, -0.1) is 0 Å². The summed E-state index contributed by atoms with van der Waals surface area (Å²) < 4.78 is 5.49. The number of hydrogen-bond donors (Lipinski definition) is 2. The van der Waals surface area contributed by atoms with Crippen LogP contribution in [-0.2, 0) is 0 Å². The molecule has 3 aromatic rings. The molecule has 0 amide bonds. The van der Waals surface area contributed by atoms with Crippen LogP contribution < -0.4 is 15.4 Å². The summed E-state index contributed by atoms with van der Waals surface area (Å²) in [6.45, 7) is 5.17. The summed E-state index contributed by atoms with van der Waals surface area (Å²) in [5, 5.41) is 6.99. The van der Waals surface area contributed by atoms with E-state index in [1.807, 2.05) is 36.5 Å². The molecule has 176 valence electrons. The Bertz CT molecular complexity index is 1010. The minimum absolute atomic E-state index is 0. The van der Waals surface area contributed by atoms with Crippen LogP contribution in [0.5, 0.6) is 5.75 Å². The number of likely N-dealkylation sites (tertiary alicyclic amines) is 1. The van der Waals surface area contributed by atoms with Gasteiger partial charge < -0.3 is 20.3 Å². The van der Waals surface area contributed by atoms with Crippen molar-refractivity contribution in [1.82, 2.24) is 19.9 Å². The summed E-state index contributed by atoms with van der Waals surface area (Å²) in [6.07, 6.45) is 5.76. The molecule has 2 N–H and O–H groups in total. The fourth-order valence-corrected chi connectivity index (χ4v) is 4.05. The van der Waals surface area contributed by atoms with E-state index in [4.69, 9.17) is 4.74 Å². The highest BCUT2D eigenvalue weighted by atomic mass is 32.1. The van der Waals surface area contributed by atoms with E-state index in [1.54, 1.807) is 13.4 Å². The average molecular weight is 467 g/mol. The summed E-state index contributed by atoms with van der Waals surface area (Å²) in [5.74, 6) is 2.90. The fourth-order valence-electron chi connectivity index (χ4n) is 4.05. The minimum atomic E-state index is 0. The maximum Gasteiger partial charge on any atom is 0.129 e. The van der Waals surface area contributed by atoms with Crippen molar-refractivity contribution in [1.29, 1.82) is 0 Å². The molecule has 1 saturated heterocycles. The van der Waals surface area contributed by atoms with Gasteiger partial charge in [-0.1, -0.05) is 25.1 Å². The van der Waals surface area contributed by atoms with E-state index in [9.17, 15) is 0 Å². The number of hydrogen-bond acceptors (Lipinski definition) is 7. The lowest BCUT2D eigenvalue weighted by molar-refractivity contribution is 0.263. The number of pyridine rings is 1. The number of nitrogens with one attached hydrogen (secondary N) is 2. The number of ether oxygens (including phenoxy) is 1. The van der Waals surface area contributed by atoms with Crippen LogP contribution in [0.3, 0.4) is 0 Å². The largest absolute Gasteiger partial charge is 0.496 e. The third-order valence-electron chi connectivity index (χ3n) is 6.06. The quantitative estimate of drug-likeness (QED) is 0.510. The highest BCUT2D eigenvalue weighted by Crippen LogP contribution is 2.27. The second kappa shape index (κ2) is 11.9. The van der Waals surface area contributed by atoms with E-state index in [0.29, 0.717) is 6.04 Å². The van der Waals surface area contributed by atoms with E-state index < -0.39 is 0 Å². The van der Waals surface area contributed by atoms with Gasteiger partial charge in [-0.25, -0.2) is 15.0 Å². The van der Waals surface area contributed by atoms with Gasteiger partial charge in [0.05, 0.1) is 12.8 Å². The van der Waals surface area contributed by atoms with Crippen molar-refractivity contribution < 1.29 is 4.74 Å². The second-order valence-corrected chi connectivity index (χ2v) is 8.47. The molecule has 7 nitrogen and oxygen atoms in total. The van der Waals surface area contributed by atoms with E-state index in [0.717, 1.165) is 61.1 Å². The van der Waals surface area contributed by atoms with Gasteiger partial charge in [-0.2, -0.15) is 13.5 Å². The van der Waals surface area contributed by atoms with Gasteiger partial charge in [0.25, 0.3) is 0 Å². The molecular weight excluding hydrogens is 432 g/mol. The number of methoxy groups -OCH3 is 1. The van der Waals surface area contributed by atoms with Crippen LogP contribution in [-0.4, -0.2) is 59.7 Å². The topological polar surface area (TPSA) is 75.2 Å². The van der Waals surface area contributed by atoms with E-state index in [-0.39, 0.29) is 19.4 Å². The summed E-state index contributed by atoms with van der Waals surface area (Å²) in [4.78, 5) is 15.8. The van der Waals surface area contributed by atoms with Crippen molar-refractivity contribution in [2.75, 3.05) is 44.4 Å². The lowest BCUT2D eigenvalue weighted by Crippen LogP contribution is -2.36. The Kier molecular flexibility index (Phi) is 8.91. The minimum Gasteiger partial charge on any atom is -0.496 e. The molecule has 1 fully saturated rings. The van der Waals surface area contributed by atoms with E-state index in [1.165, 1.54) is 5.56 Å². The molecule has 0 radical (unpaired) electrons. The van der Waals surface area contributed by atoms with Crippen LogP contribution in [0.15, 0.2) is 55.0 Å². The molecule has 0 saturated carbocycles. The molecule has 1 aliphatic heterocycles. The highest BCUT2D eigenvalue weighted by Gasteiger charge is 2.16. The van der Waals surface area contributed by atoms with E-state index in [2.05, 4.69) is 56.6 Å². The average Bonchev–Trinajstić information content (AvgIpc) is 2.84. The summed E-state index contributed by atoms with van der Waals surface area (Å²) >= 11 is 0. The van der Waals surface area contributed by atoms with Gasteiger partial charge in [0.1, 0.15) is 23.7 Å². The molecule has 2 aromatic heterocycles. The molecule has 1 atom stereocenters. The number of aromatic nitrogens is 3. The Balaban J connectivity index is 0.00000306. The molecule has 8 heteroatoms. The van der Waals surface area contributed by atoms with E-state index >= 15 is 0 Å². The maximum atomic E-state index is 5.49. The Morgan fingerprint density at radius 3 is 2.58 bits per heavy atom. The van der Waals surface area contributed by atoms with Crippen molar-refractivity contribution in [3.8, 4) is 17.0 Å². The zero-order valence-electron chi connectivity index (χ0n) is 19.6. The van der Waals surface area contributed by atoms with Gasteiger partial charge in [0.15, 0.2) is 0 Å². The Morgan fingerprint density at radius 2 is 1.85 bits per heavy atom. The number of benzene rings is 1. The van der Waals surface area contributed by atoms with Gasteiger partial charge >= 0.3 is 0 Å². The van der Waals surface area contributed by atoms with Crippen LogP contribution in [0.4, 0.5) is 11.6 Å². The van der Waals surface area contributed by atoms with Gasteiger partial charge in [0, 0.05) is 36.3 Å². The fraction of sp³-hybridized carbons (Fsp3) is 0.400. The number of rotatable bonds is 8. The standard InChI is InChI=1S/C25H32N6O.H2S/c1-18(21-6-4-5-7-23(21)32-3)15-26-25-14-22(28-17-29-25)19-8-9-24(27-16-19)30-20-10-12-31(2)13-11-20;/h4-9,14,16-18,20H,10-13,15H2,1-3H3,(H,27,30)(H,26,28,29);1H2/t18-;/m1./s1. The molecule has 0 spiro atoms. The normalized spacial score (nSPS) is 15.4. The SMILES string of the molecule is COc1ccccc1[C@H](C)CNc1cc(-c2ccc(NC3CCN(C)CC3)nc2)ncn1.S. The predicted octanol–water partition coefficient (Wildman–Crippen LogP) is 4.38. The predicted molar refractivity (Wildman–Crippen MR) is 140 cm³/mol.